The summed E-state index contributed by atoms with van der Waals surface area (Å²) < 4.78 is 3.33. The molecule has 1 aliphatic rings. The van der Waals surface area contributed by atoms with Gasteiger partial charge in [-0.1, -0.05) is 0 Å². The molecule has 1 fully saturated rings. The third-order valence-corrected chi connectivity index (χ3v) is 3.34. The van der Waals surface area contributed by atoms with Crippen molar-refractivity contribution in [2.75, 3.05) is 0 Å². The van der Waals surface area contributed by atoms with E-state index >= 15 is 0 Å². The lowest BCUT2D eigenvalue weighted by Gasteiger charge is -2.10. The van der Waals surface area contributed by atoms with Gasteiger partial charge in [0.2, 0.25) is 0 Å². The van der Waals surface area contributed by atoms with Gasteiger partial charge in [-0.15, -0.1) is 5.10 Å². The Bertz CT molecular complexity index is 597. The van der Waals surface area contributed by atoms with Crippen LogP contribution in [0, 0.1) is 5.41 Å². The van der Waals surface area contributed by atoms with Crippen LogP contribution in [0.15, 0.2) is 12.5 Å². The second kappa shape index (κ2) is 3.62. The van der Waals surface area contributed by atoms with E-state index in [0.717, 1.165) is 5.69 Å². The standard InChI is InChI=1S/C10H12N6O2/c1-15-6-11-4-7(15)8-12-13-14-16(8)5-10(2-3-10)9(17)18/h4,6H,2-3,5H2,1H3,(H,17,18). The number of hydrogen-bond acceptors (Lipinski definition) is 5. The fraction of sp³-hybridized carbons (Fsp3) is 0.500. The maximum Gasteiger partial charge on any atom is 0.311 e. The van der Waals surface area contributed by atoms with E-state index in [1.165, 1.54) is 4.68 Å². The molecular weight excluding hydrogens is 236 g/mol. The van der Waals surface area contributed by atoms with Crippen molar-refractivity contribution in [2.24, 2.45) is 12.5 Å². The van der Waals surface area contributed by atoms with E-state index in [4.69, 9.17) is 0 Å². The van der Waals surface area contributed by atoms with Crippen molar-refractivity contribution >= 4 is 5.97 Å². The van der Waals surface area contributed by atoms with Crippen LogP contribution in [0.4, 0.5) is 0 Å². The first-order valence-corrected chi connectivity index (χ1v) is 5.59. The Morgan fingerprint density at radius 1 is 1.56 bits per heavy atom. The molecule has 8 heteroatoms. The van der Waals surface area contributed by atoms with Crippen molar-refractivity contribution in [1.82, 2.24) is 29.8 Å². The quantitative estimate of drug-likeness (QED) is 0.813. The molecule has 0 spiro atoms. The van der Waals surface area contributed by atoms with Gasteiger partial charge in [-0.3, -0.25) is 4.79 Å². The fourth-order valence-corrected chi connectivity index (χ4v) is 1.94. The maximum absolute atomic E-state index is 11.2. The van der Waals surface area contributed by atoms with Gasteiger partial charge in [0, 0.05) is 7.05 Å². The molecule has 0 aromatic carbocycles. The third-order valence-electron chi connectivity index (χ3n) is 3.34. The van der Waals surface area contributed by atoms with E-state index < -0.39 is 11.4 Å². The highest BCUT2D eigenvalue weighted by Gasteiger charge is 2.51. The van der Waals surface area contributed by atoms with Crippen molar-refractivity contribution in [2.45, 2.75) is 19.4 Å². The molecule has 2 aromatic heterocycles. The number of aromatic nitrogens is 6. The molecule has 0 radical (unpaired) electrons. The maximum atomic E-state index is 11.2. The normalized spacial score (nSPS) is 16.7. The third kappa shape index (κ3) is 1.57. The molecule has 2 aromatic rings. The number of carboxylic acid groups (broad SMARTS) is 1. The number of nitrogens with zero attached hydrogens (tertiary/aromatic N) is 6. The van der Waals surface area contributed by atoms with Crippen LogP contribution < -0.4 is 0 Å². The number of carbonyl (C=O) groups is 1. The molecule has 0 unspecified atom stereocenters. The molecule has 18 heavy (non-hydrogen) atoms. The highest BCUT2D eigenvalue weighted by Crippen LogP contribution is 2.47. The molecular formula is C10H12N6O2. The molecule has 8 nitrogen and oxygen atoms in total. The number of aryl methyl sites for hydroxylation is 1. The second-order valence-corrected chi connectivity index (χ2v) is 4.64. The summed E-state index contributed by atoms with van der Waals surface area (Å²) in [6.07, 6.45) is 4.65. The van der Waals surface area contributed by atoms with E-state index in [1.54, 1.807) is 17.1 Å². The van der Waals surface area contributed by atoms with Crippen molar-refractivity contribution < 1.29 is 9.90 Å². The Kier molecular flexibility index (Phi) is 2.19. The highest BCUT2D eigenvalue weighted by atomic mass is 16.4. The highest BCUT2D eigenvalue weighted by molar-refractivity contribution is 5.77. The average molecular weight is 248 g/mol. The van der Waals surface area contributed by atoms with E-state index in [-0.39, 0.29) is 0 Å². The predicted octanol–water partition coefficient (Wildman–Crippen LogP) is -0.0616. The summed E-state index contributed by atoms with van der Waals surface area (Å²) >= 11 is 0. The second-order valence-electron chi connectivity index (χ2n) is 4.64. The fourth-order valence-electron chi connectivity index (χ4n) is 1.94. The Labute approximate surface area is 102 Å². The van der Waals surface area contributed by atoms with Crippen LogP contribution in [0.2, 0.25) is 0 Å². The van der Waals surface area contributed by atoms with Crippen LogP contribution in [0.3, 0.4) is 0 Å². The summed E-state index contributed by atoms with van der Waals surface area (Å²) in [6, 6.07) is 0. The number of hydrogen-bond donors (Lipinski definition) is 1. The molecule has 0 saturated heterocycles. The lowest BCUT2D eigenvalue weighted by molar-refractivity contribution is -0.144. The lowest BCUT2D eigenvalue weighted by Crippen LogP contribution is -2.23. The molecule has 0 aliphatic heterocycles. The van der Waals surface area contributed by atoms with Gasteiger partial charge in [0.05, 0.1) is 24.5 Å². The first kappa shape index (κ1) is 10.9. The Morgan fingerprint density at radius 2 is 2.33 bits per heavy atom. The van der Waals surface area contributed by atoms with Gasteiger partial charge in [-0.2, -0.15) is 0 Å². The molecule has 0 atom stereocenters. The van der Waals surface area contributed by atoms with Crippen molar-refractivity contribution in [1.29, 1.82) is 0 Å². The average Bonchev–Trinajstić information content (AvgIpc) is 2.77. The van der Waals surface area contributed by atoms with Crippen LogP contribution in [-0.4, -0.2) is 40.8 Å². The summed E-state index contributed by atoms with van der Waals surface area (Å²) in [6.45, 7) is 0.301. The summed E-state index contributed by atoms with van der Waals surface area (Å²) in [5.41, 5.74) is 0.0732. The van der Waals surface area contributed by atoms with Gasteiger partial charge in [-0.25, -0.2) is 9.67 Å². The van der Waals surface area contributed by atoms with Crippen LogP contribution >= 0.6 is 0 Å². The summed E-state index contributed by atoms with van der Waals surface area (Å²) in [5, 5.41) is 20.6. The minimum absolute atomic E-state index is 0.301. The van der Waals surface area contributed by atoms with E-state index in [0.29, 0.717) is 25.2 Å². The Morgan fingerprint density at radius 3 is 2.89 bits per heavy atom. The summed E-state index contributed by atoms with van der Waals surface area (Å²) in [5.74, 6) is -0.239. The smallest absolute Gasteiger partial charge is 0.311 e. The van der Waals surface area contributed by atoms with Crippen molar-refractivity contribution in [3.8, 4) is 11.5 Å². The molecule has 3 rings (SSSR count). The Hall–Kier alpha value is -2.25. The van der Waals surface area contributed by atoms with Crippen LogP contribution in [0.25, 0.3) is 11.5 Å². The van der Waals surface area contributed by atoms with E-state index in [1.807, 2.05) is 7.05 Å². The molecule has 1 aliphatic carbocycles. The molecule has 94 valence electrons. The Balaban J connectivity index is 1.94. The summed E-state index contributed by atoms with van der Waals surface area (Å²) in [7, 11) is 1.84. The lowest BCUT2D eigenvalue weighted by atomic mass is 10.1. The topological polar surface area (TPSA) is 98.7 Å². The molecule has 1 N–H and O–H groups in total. The monoisotopic (exact) mass is 248 g/mol. The SMILES string of the molecule is Cn1cncc1-c1nnnn1CC1(C(=O)O)CC1. The molecule has 1 saturated carbocycles. The molecule has 2 heterocycles. The van der Waals surface area contributed by atoms with Crippen LogP contribution in [-0.2, 0) is 18.4 Å². The largest absolute Gasteiger partial charge is 0.481 e. The number of carboxylic acids is 1. The van der Waals surface area contributed by atoms with Crippen molar-refractivity contribution in [3.05, 3.63) is 12.5 Å². The molecule has 0 bridgehead atoms. The van der Waals surface area contributed by atoms with Gasteiger partial charge in [0.15, 0.2) is 5.82 Å². The number of rotatable bonds is 4. The number of aliphatic carboxylic acids is 1. The zero-order valence-corrected chi connectivity index (χ0v) is 9.81. The number of tetrazole rings is 1. The van der Waals surface area contributed by atoms with Gasteiger partial charge in [-0.05, 0) is 23.3 Å². The zero-order chi connectivity index (χ0) is 12.8. The van der Waals surface area contributed by atoms with E-state index in [9.17, 15) is 9.90 Å². The van der Waals surface area contributed by atoms with Gasteiger partial charge in [0.25, 0.3) is 0 Å². The van der Waals surface area contributed by atoms with Gasteiger partial charge < -0.3 is 9.67 Å². The molecule has 0 amide bonds. The summed E-state index contributed by atoms with van der Waals surface area (Å²) in [4.78, 5) is 15.2. The number of imidazole rings is 1. The first-order chi connectivity index (χ1) is 8.62. The van der Waals surface area contributed by atoms with Gasteiger partial charge in [0.1, 0.15) is 5.69 Å². The predicted molar refractivity (Wildman–Crippen MR) is 59.3 cm³/mol. The minimum atomic E-state index is -0.783. The zero-order valence-electron chi connectivity index (χ0n) is 9.81. The first-order valence-electron chi connectivity index (χ1n) is 5.59. The van der Waals surface area contributed by atoms with Crippen molar-refractivity contribution in [3.63, 3.8) is 0 Å². The van der Waals surface area contributed by atoms with Crippen LogP contribution in [0.1, 0.15) is 12.8 Å². The van der Waals surface area contributed by atoms with Gasteiger partial charge >= 0.3 is 5.97 Å². The van der Waals surface area contributed by atoms with E-state index in [2.05, 4.69) is 20.5 Å². The van der Waals surface area contributed by atoms with Crippen LogP contribution in [0.5, 0.6) is 0 Å². The minimum Gasteiger partial charge on any atom is -0.481 e.